The molecule has 0 aliphatic rings. The van der Waals surface area contributed by atoms with Crippen LogP contribution < -0.4 is 5.73 Å². The van der Waals surface area contributed by atoms with Crippen LogP contribution in [0.15, 0.2) is 30.3 Å². The fourth-order valence-electron chi connectivity index (χ4n) is 4.48. The van der Waals surface area contributed by atoms with Crippen LogP contribution in [-0.2, 0) is 25.5 Å². The number of Topliss-reactive ketones (excluding diaryl/α,β-unsaturated/α-hetero) is 1. The smallest absolute Gasteiger partial charge is 0.331 e. The molecule has 0 aliphatic heterocycles. The maximum atomic E-state index is 12.2. The van der Waals surface area contributed by atoms with Crippen LogP contribution in [0, 0.1) is 0 Å². The van der Waals surface area contributed by atoms with Crippen LogP contribution in [0.5, 0.6) is 0 Å². The number of carbonyl (C=O) groups is 3. The maximum absolute atomic E-state index is 12.2. The molecular formula is C33H58N2O4. The van der Waals surface area contributed by atoms with Gasteiger partial charge in [0, 0.05) is 12.8 Å². The molecule has 0 saturated carbocycles. The number of nitrogens with two attached hydrogens (primary N) is 1. The number of benzene rings is 1. The Bertz CT molecular complexity index is 736. The average Bonchev–Trinajstić information content (AvgIpc) is 2.90. The van der Waals surface area contributed by atoms with Gasteiger partial charge < -0.3 is 10.5 Å². The van der Waals surface area contributed by atoms with Crippen LogP contribution >= 0.6 is 0 Å². The number of carbonyl (C=O) groups excluding carboxylic acids is 3. The van der Waals surface area contributed by atoms with Gasteiger partial charge >= 0.3 is 5.97 Å². The molecule has 2 N–H and O–H groups in total. The SMILES string of the molecule is CCCCCCCCCCCCCCCCCC(N)=O.CCCOC(=O)C(C(=O)Cc1ccccc1)N(C)C. The summed E-state index contributed by atoms with van der Waals surface area (Å²) in [6.45, 7) is 4.54. The molecule has 0 spiro atoms. The van der Waals surface area contributed by atoms with Crippen molar-refractivity contribution in [2.24, 2.45) is 5.73 Å². The molecular weight excluding hydrogens is 488 g/mol. The first kappa shape index (κ1) is 36.8. The number of hydrogen-bond acceptors (Lipinski definition) is 5. The molecule has 0 saturated heterocycles. The Morgan fingerprint density at radius 3 is 1.59 bits per heavy atom. The second-order valence-corrected chi connectivity index (χ2v) is 10.8. The van der Waals surface area contributed by atoms with E-state index < -0.39 is 12.0 Å². The fourth-order valence-corrected chi connectivity index (χ4v) is 4.48. The van der Waals surface area contributed by atoms with Crippen molar-refractivity contribution in [3.8, 4) is 0 Å². The molecule has 0 radical (unpaired) electrons. The standard InChI is InChI=1S/C18H37NO.C15H21NO3/c1-2-3-4-5-6-7-8-9-10-11-12-13-14-15-16-17-18(19)20;1-4-10-19-15(18)14(16(2)3)13(17)11-12-8-6-5-7-9-12/h2-17H2,1H3,(H2,19,20);5-9,14H,4,10-11H2,1-3H3. The Morgan fingerprint density at radius 2 is 1.18 bits per heavy atom. The number of unbranched alkanes of at least 4 members (excludes halogenated alkanes) is 14. The highest BCUT2D eigenvalue weighted by Crippen LogP contribution is 2.13. The fraction of sp³-hybridized carbons (Fsp3) is 0.727. The summed E-state index contributed by atoms with van der Waals surface area (Å²) in [5.41, 5.74) is 6.01. The predicted molar refractivity (Wildman–Crippen MR) is 163 cm³/mol. The lowest BCUT2D eigenvalue weighted by Crippen LogP contribution is -2.44. The van der Waals surface area contributed by atoms with Crippen molar-refractivity contribution in [2.45, 2.75) is 135 Å². The van der Waals surface area contributed by atoms with Gasteiger partial charge in [0.15, 0.2) is 11.8 Å². The monoisotopic (exact) mass is 546 g/mol. The van der Waals surface area contributed by atoms with Gasteiger partial charge in [-0.15, -0.1) is 0 Å². The average molecular weight is 547 g/mol. The molecule has 0 fully saturated rings. The summed E-state index contributed by atoms with van der Waals surface area (Å²) in [5.74, 6) is -0.759. The molecule has 0 heterocycles. The molecule has 0 aromatic heterocycles. The van der Waals surface area contributed by atoms with E-state index in [4.69, 9.17) is 10.5 Å². The first-order chi connectivity index (χ1) is 18.8. The molecule has 39 heavy (non-hydrogen) atoms. The Balaban J connectivity index is 0.000000741. The summed E-state index contributed by atoms with van der Waals surface area (Å²) >= 11 is 0. The summed E-state index contributed by atoms with van der Waals surface area (Å²) in [7, 11) is 3.42. The molecule has 224 valence electrons. The predicted octanol–water partition coefficient (Wildman–Crippen LogP) is 7.41. The quantitative estimate of drug-likeness (QED) is 0.0876. The van der Waals surface area contributed by atoms with Gasteiger partial charge in [0.2, 0.25) is 5.91 Å². The Morgan fingerprint density at radius 1 is 0.718 bits per heavy atom. The Hall–Kier alpha value is -2.21. The second kappa shape index (κ2) is 26.0. The van der Waals surface area contributed by atoms with Crippen LogP contribution in [0.4, 0.5) is 0 Å². The van der Waals surface area contributed by atoms with Crippen molar-refractivity contribution >= 4 is 17.7 Å². The van der Waals surface area contributed by atoms with Gasteiger partial charge in [0.05, 0.1) is 6.61 Å². The molecule has 0 aliphatic carbocycles. The van der Waals surface area contributed by atoms with E-state index in [2.05, 4.69) is 6.92 Å². The summed E-state index contributed by atoms with van der Waals surface area (Å²) in [6, 6.07) is 8.58. The van der Waals surface area contributed by atoms with Gasteiger partial charge in [0.1, 0.15) is 0 Å². The summed E-state index contributed by atoms with van der Waals surface area (Å²) in [6.07, 6.45) is 21.9. The van der Waals surface area contributed by atoms with Crippen LogP contribution in [-0.4, -0.2) is 49.3 Å². The lowest BCUT2D eigenvalue weighted by atomic mass is 10.0. The molecule has 6 nitrogen and oxygen atoms in total. The van der Waals surface area contributed by atoms with Gasteiger partial charge in [-0.3, -0.25) is 14.5 Å². The summed E-state index contributed by atoms with van der Waals surface area (Å²) in [5, 5.41) is 0. The molecule has 1 rings (SSSR count). The Labute approximate surface area is 239 Å². The van der Waals surface area contributed by atoms with Crippen LogP contribution in [0.1, 0.15) is 129 Å². The first-order valence-corrected chi connectivity index (χ1v) is 15.5. The van der Waals surface area contributed by atoms with Crippen LogP contribution in [0.2, 0.25) is 0 Å². The highest BCUT2D eigenvalue weighted by atomic mass is 16.5. The van der Waals surface area contributed by atoms with Crippen molar-refractivity contribution in [3.63, 3.8) is 0 Å². The second-order valence-electron chi connectivity index (χ2n) is 10.8. The minimum Gasteiger partial charge on any atom is -0.464 e. The van der Waals surface area contributed by atoms with E-state index in [9.17, 15) is 14.4 Å². The molecule has 1 amide bonds. The third-order valence-corrected chi connectivity index (χ3v) is 6.74. The number of esters is 1. The third kappa shape index (κ3) is 22.3. The molecule has 1 atom stereocenters. The first-order valence-electron chi connectivity index (χ1n) is 15.5. The third-order valence-electron chi connectivity index (χ3n) is 6.74. The molecule has 1 aromatic rings. The molecule has 1 aromatic carbocycles. The zero-order valence-electron chi connectivity index (χ0n) is 25.6. The van der Waals surface area contributed by atoms with Gasteiger partial charge in [-0.1, -0.05) is 134 Å². The van der Waals surface area contributed by atoms with E-state index in [1.54, 1.807) is 19.0 Å². The van der Waals surface area contributed by atoms with E-state index in [1.165, 1.54) is 89.9 Å². The lowest BCUT2D eigenvalue weighted by molar-refractivity contribution is -0.152. The highest BCUT2D eigenvalue weighted by molar-refractivity contribution is 6.03. The minimum absolute atomic E-state index is 0.141. The maximum Gasteiger partial charge on any atom is 0.331 e. The van der Waals surface area contributed by atoms with E-state index >= 15 is 0 Å². The van der Waals surface area contributed by atoms with Crippen molar-refractivity contribution in [1.29, 1.82) is 0 Å². The van der Waals surface area contributed by atoms with E-state index in [0.717, 1.165) is 18.4 Å². The zero-order chi connectivity index (χ0) is 29.1. The van der Waals surface area contributed by atoms with Crippen molar-refractivity contribution in [2.75, 3.05) is 20.7 Å². The van der Waals surface area contributed by atoms with Gasteiger partial charge in [-0.05, 0) is 32.5 Å². The van der Waals surface area contributed by atoms with Crippen molar-refractivity contribution in [3.05, 3.63) is 35.9 Å². The molecule has 1 unspecified atom stereocenters. The highest BCUT2D eigenvalue weighted by Gasteiger charge is 2.29. The van der Waals surface area contributed by atoms with Crippen LogP contribution in [0.3, 0.4) is 0 Å². The summed E-state index contributed by atoms with van der Waals surface area (Å²) < 4.78 is 5.07. The van der Waals surface area contributed by atoms with E-state index in [1.807, 2.05) is 37.3 Å². The van der Waals surface area contributed by atoms with Gasteiger partial charge in [-0.2, -0.15) is 0 Å². The number of ketones is 1. The number of primary amides is 1. The number of hydrogen-bond donors (Lipinski definition) is 1. The van der Waals surface area contributed by atoms with Gasteiger partial charge in [0.25, 0.3) is 0 Å². The Kier molecular flexibility index (Phi) is 24.6. The topological polar surface area (TPSA) is 89.7 Å². The van der Waals surface area contributed by atoms with E-state index in [-0.39, 0.29) is 18.1 Å². The number of likely N-dealkylation sites (N-methyl/N-ethyl adjacent to an activating group) is 1. The molecule has 6 heteroatoms. The number of rotatable bonds is 23. The lowest BCUT2D eigenvalue weighted by Gasteiger charge is -2.21. The summed E-state index contributed by atoms with van der Waals surface area (Å²) in [4.78, 5) is 36.3. The number of amides is 1. The van der Waals surface area contributed by atoms with Gasteiger partial charge in [-0.25, -0.2) is 4.79 Å². The minimum atomic E-state index is -0.827. The number of nitrogens with zero attached hydrogens (tertiary/aromatic N) is 1. The van der Waals surface area contributed by atoms with Crippen LogP contribution in [0.25, 0.3) is 0 Å². The van der Waals surface area contributed by atoms with Crippen molar-refractivity contribution in [1.82, 2.24) is 4.90 Å². The molecule has 0 bridgehead atoms. The normalized spacial score (nSPS) is 11.5. The van der Waals surface area contributed by atoms with E-state index in [0.29, 0.717) is 13.0 Å². The largest absolute Gasteiger partial charge is 0.464 e. The zero-order valence-corrected chi connectivity index (χ0v) is 25.6. The van der Waals surface area contributed by atoms with Crippen molar-refractivity contribution < 1.29 is 19.1 Å². The number of ether oxygens (including phenoxy) is 1.